The molecule has 0 atom stereocenters. The van der Waals surface area contributed by atoms with Gasteiger partial charge < -0.3 is 4.74 Å². The number of hydrogen-bond donors (Lipinski definition) is 2. The molecule has 0 aliphatic heterocycles. The molecule has 106 valence electrons. The highest BCUT2D eigenvalue weighted by Crippen LogP contribution is 2.22. The molecule has 0 bridgehead atoms. The first-order chi connectivity index (χ1) is 10.2. The van der Waals surface area contributed by atoms with Gasteiger partial charge in [0.15, 0.2) is 5.65 Å². The molecule has 0 saturated heterocycles. The molecule has 3 aromatic rings. The van der Waals surface area contributed by atoms with Crippen molar-refractivity contribution in [3.63, 3.8) is 0 Å². The van der Waals surface area contributed by atoms with Crippen molar-refractivity contribution in [2.24, 2.45) is 0 Å². The third-order valence-electron chi connectivity index (χ3n) is 2.82. The summed E-state index contributed by atoms with van der Waals surface area (Å²) < 4.78 is 5.95. The number of ether oxygens (including phenoxy) is 1. The summed E-state index contributed by atoms with van der Waals surface area (Å²) in [6.07, 6.45) is 1.09. The summed E-state index contributed by atoms with van der Waals surface area (Å²) in [6.45, 7) is 0.209. The molecular weight excluding hydrogens is 336 g/mol. The van der Waals surface area contributed by atoms with E-state index in [1.165, 1.54) is 0 Å². The Hall–Kier alpha value is -2.41. The van der Waals surface area contributed by atoms with Crippen LogP contribution in [0.1, 0.15) is 5.56 Å². The predicted molar refractivity (Wildman–Crippen MR) is 81.8 cm³/mol. The van der Waals surface area contributed by atoms with Gasteiger partial charge in [0.25, 0.3) is 0 Å². The standard InChI is InChI=1S/C14H11BrN4O2/c15-10-6-11-12(16-7-10)18-19-13(11)17-14(20)21-8-9-4-2-1-3-5-9/h1-7H,8H2,(H2,16,17,18,19,20). The van der Waals surface area contributed by atoms with Crippen LogP contribution in [0.3, 0.4) is 0 Å². The largest absolute Gasteiger partial charge is 0.444 e. The third kappa shape index (κ3) is 3.19. The van der Waals surface area contributed by atoms with Crippen LogP contribution in [-0.2, 0) is 11.3 Å². The third-order valence-corrected chi connectivity index (χ3v) is 3.25. The van der Waals surface area contributed by atoms with Gasteiger partial charge >= 0.3 is 6.09 Å². The highest BCUT2D eigenvalue weighted by Gasteiger charge is 2.11. The molecule has 0 aliphatic rings. The molecule has 0 aliphatic carbocycles. The van der Waals surface area contributed by atoms with Crippen LogP contribution in [0.4, 0.5) is 10.6 Å². The summed E-state index contributed by atoms with van der Waals surface area (Å²) >= 11 is 3.33. The van der Waals surface area contributed by atoms with Crippen molar-refractivity contribution in [1.82, 2.24) is 15.2 Å². The maximum Gasteiger partial charge on any atom is 0.413 e. The van der Waals surface area contributed by atoms with Gasteiger partial charge in [-0.25, -0.2) is 9.78 Å². The zero-order chi connectivity index (χ0) is 14.7. The Morgan fingerprint density at radius 3 is 2.95 bits per heavy atom. The second-order valence-electron chi connectivity index (χ2n) is 4.31. The van der Waals surface area contributed by atoms with Crippen molar-refractivity contribution < 1.29 is 9.53 Å². The molecule has 0 unspecified atom stereocenters. The van der Waals surface area contributed by atoms with Crippen LogP contribution in [0.15, 0.2) is 47.1 Å². The Morgan fingerprint density at radius 2 is 2.14 bits per heavy atom. The molecule has 7 heteroatoms. The fourth-order valence-electron chi connectivity index (χ4n) is 1.83. The van der Waals surface area contributed by atoms with E-state index in [0.29, 0.717) is 16.9 Å². The molecule has 2 aromatic heterocycles. The van der Waals surface area contributed by atoms with Crippen LogP contribution in [0.25, 0.3) is 11.0 Å². The predicted octanol–water partition coefficient (Wildman–Crippen LogP) is 3.47. The SMILES string of the molecule is O=C(Nc1[nH]nc2ncc(Br)cc12)OCc1ccccc1. The number of aromatic amines is 1. The first-order valence-corrected chi connectivity index (χ1v) is 6.99. The lowest BCUT2D eigenvalue weighted by Gasteiger charge is -2.05. The second kappa shape index (κ2) is 5.92. The first-order valence-electron chi connectivity index (χ1n) is 6.20. The minimum absolute atomic E-state index is 0.209. The minimum atomic E-state index is -0.552. The van der Waals surface area contributed by atoms with Crippen molar-refractivity contribution in [3.8, 4) is 0 Å². The summed E-state index contributed by atoms with van der Waals surface area (Å²) in [6, 6.07) is 11.3. The Kier molecular flexibility index (Phi) is 3.83. The van der Waals surface area contributed by atoms with E-state index in [-0.39, 0.29) is 6.61 Å². The van der Waals surface area contributed by atoms with Gasteiger partial charge in [0, 0.05) is 10.7 Å². The Morgan fingerprint density at radius 1 is 1.33 bits per heavy atom. The molecule has 6 nitrogen and oxygen atoms in total. The molecule has 0 fully saturated rings. The molecule has 1 aromatic carbocycles. The lowest BCUT2D eigenvalue weighted by atomic mass is 10.2. The average Bonchev–Trinajstić information content (AvgIpc) is 2.88. The molecule has 2 heterocycles. The van der Waals surface area contributed by atoms with Gasteiger partial charge in [-0.15, -0.1) is 0 Å². The van der Waals surface area contributed by atoms with Crippen molar-refractivity contribution in [3.05, 3.63) is 52.6 Å². The number of carbonyl (C=O) groups is 1. The number of aromatic nitrogens is 3. The number of pyridine rings is 1. The first kappa shape index (κ1) is 13.6. The summed E-state index contributed by atoms with van der Waals surface area (Å²) in [5.74, 6) is 0.455. The Labute approximate surface area is 128 Å². The van der Waals surface area contributed by atoms with Crippen LogP contribution in [0.5, 0.6) is 0 Å². The quantitative estimate of drug-likeness (QED) is 0.760. The number of anilines is 1. The smallest absolute Gasteiger partial charge is 0.413 e. The number of carbonyl (C=O) groups excluding carboxylic acids is 1. The summed E-state index contributed by atoms with van der Waals surface area (Å²) in [7, 11) is 0. The van der Waals surface area contributed by atoms with Crippen molar-refractivity contribution >= 4 is 38.9 Å². The zero-order valence-corrected chi connectivity index (χ0v) is 12.4. The molecule has 1 amide bonds. The molecule has 2 N–H and O–H groups in total. The van der Waals surface area contributed by atoms with E-state index in [4.69, 9.17) is 4.74 Å². The number of halogens is 1. The molecule has 3 rings (SSSR count). The minimum Gasteiger partial charge on any atom is -0.444 e. The molecule has 0 spiro atoms. The lowest BCUT2D eigenvalue weighted by molar-refractivity contribution is 0.155. The molecular formula is C14H11BrN4O2. The number of fused-ring (bicyclic) bond motifs is 1. The number of amides is 1. The van der Waals surface area contributed by atoms with Gasteiger partial charge in [-0.1, -0.05) is 30.3 Å². The molecule has 0 radical (unpaired) electrons. The van der Waals surface area contributed by atoms with Gasteiger partial charge in [0.05, 0.1) is 5.39 Å². The topological polar surface area (TPSA) is 79.9 Å². The summed E-state index contributed by atoms with van der Waals surface area (Å²) in [4.78, 5) is 15.9. The Balaban J connectivity index is 1.67. The number of hydrogen-bond acceptors (Lipinski definition) is 4. The maximum atomic E-state index is 11.8. The van der Waals surface area contributed by atoms with Crippen LogP contribution in [-0.4, -0.2) is 21.3 Å². The zero-order valence-electron chi connectivity index (χ0n) is 10.8. The molecule has 21 heavy (non-hydrogen) atoms. The number of nitrogens with zero attached hydrogens (tertiary/aromatic N) is 2. The fraction of sp³-hybridized carbons (Fsp3) is 0.0714. The summed E-state index contributed by atoms with van der Waals surface area (Å²) in [5, 5.41) is 10.1. The van der Waals surface area contributed by atoms with Crippen LogP contribution in [0.2, 0.25) is 0 Å². The van der Waals surface area contributed by atoms with Crippen molar-refractivity contribution in [1.29, 1.82) is 0 Å². The lowest BCUT2D eigenvalue weighted by Crippen LogP contribution is -2.14. The number of benzene rings is 1. The van der Waals surface area contributed by atoms with Gasteiger partial charge in [-0.05, 0) is 27.6 Å². The average molecular weight is 347 g/mol. The van der Waals surface area contributed by atoms with E-state index in [9.17, 15) is 4.79 Å². The maximum absolute atomic E-state index is 11.8. The van der Waals surface area contributed by atoms with E-state index in [1.54, 1.807) is 6.20 Å². The Bertz CT molecular complexity index is 773. The van der Waals surface area contributed by atoms with E-state index < -0.39 is 6.09 Å². The van der Waals surface area contributed by atoms with Crippen LogP contribution in [0, 0.1) is 0 Å². The van der Waals surface area contributed by atoms with E-state index in [2.05, 4.69) is 36.4 Å². The van der Waals surface area contributed by atoms with Gasteiger partial charge in [-0.2, -0.15) is 5.10 Å². The van der Waals surface area contributed by atoms with E-state index in [1.807, 2.05) is 36.4 Å². The van der Waals surface area contributed by atoms with Gasteiger partial charge in [0.2, 0.25) is 0 Å². The number of nitrogens with one attached hydrogen (secondary N) is 2. The van der Waals surface area contributed by atoms with Crippen molar-refractivity contribution in [2.75, 3.05) is 5.32 Å². The van der Waals surface area contributed by atoms with E-state index >= 15 is 0 Å². The number of H-pyrrole nitrogens is 1. The fourth-order valence-corrected chi connectivity index (χ4v) is 2.16. The highest BCUT2D eigenvalue weighted by molar-refractivity contribution is 9.10. The normalized spacial score (nSPS) is 10.5. The van der Waals surface area contributed by atoms with Crippen LogP contribution < -0.4 is 5.32 Å². The second-order valence-corrected chi connectivity index (χ2v) is 5.23. The van der Waals surface area contributed by atoms with E-state index in [0.717, 1.165) is 10.0 Å². The summed E-state index contributed by atoms with van der Waals surface area (Å²) in [5.41, 5.74) is 1.45. The van der Waals surface area contributed by atoms with Crippen LogP contribution >= 0.6 is 15.9 Å². The van der Waals surface area contributed by atoms with Gasteiger partial charge in [-0.3, -0.25) is 10.4 Å². The monoisotopic (exact) mass is 346 g/mol. The number of rotatable bonds is 3. The highest BCUT2D eigenvalue weighted by atomic mass is 79.9. The molecule has 0 saturated carbocycles. The van der Waals surface area contributed by atoms with Gasteiger partial charge in [0.1, 0.15) is 12.4 Å². The van der Waals surface area contributed by atoms with Crippen molar-refractivity contribution in [2.45, 2.75) is 6.61 Å².